The summed E-state index contributed by atoms with van der Waals surface area (Å²) in [6, 6.07) is 0. The van der Waals surface area contributed by atoms with Crippen molar-refractivity contribution in [2.75, 3.05) is 26.4 Å². The lowest BCUT2D eigenvalue weighted by Gasteiger charge is -2.52. The van der Waals surface area contributed by atoms with Crippen LogP contribution in [-0.2, 0) is 14.2 Å². The summed E-state index contributed by atoms with van der Waals surface area (Å²) in [6.07, 6.45) is 2.24. The second-order valence-corrected chi connectivity index (χ2v) is 7.70. The first-order valence-corrected chi connectivity index (χ1v) is 9.04. The SMILES string of the molecule is CCC1(C(CC(C)O)OC(CC(C)O)C2(CC)COC2)COC1. The molecule has 0 radical (unpaired) electrons. The van der Waals surface area contributed by atoms with E-state index in [4.69, 9.17) is 14.2 Å². The van der Waals surface area contributed by atoms with Gasteiger partial charge in [-0.25, -0.2) is 0 Å². The Morgan fingerprint density at radius 1 is 0.826 bits per heavy atom. The zero-order valence-corrected chi connectivity index (χ0v) is 15.1. The average molecular weight is 330 g/mol. The second-order valence-electron chi connectivity index (χ2n) is 7.70. The third-order valence-electron chi connectivity index (χ3n) is 5.77. The second kappa shape index (κ2) is 7.79. The van der Waals surface area contributed by atoms with Crippen molar-refractivity contribution in [3.8, 4) is 0 Å². The van der Waals surface area contributed by atoms with Crippen molar-refractivity contribution in [1.82, 2.24) is 0 Å². The van der Waals surface area contributed by atoms with Crippen LogP contribution in [-0.4, -0.2) is 61.1 Å². The number of aliphatic hydroxyl groups is 2. The number of hydrogen-bond donors (Lipinski definition) is 2. The number of hydrogen-bond acceptors (Lipinski definition) is 5. The van der Waals surface area contributed by atoms with E-state index in [1.54, 1.807) is 0 Å². The van der Waals surface area contributed by atoms with Crippen LogP contribution in [0.1, 0.15) is 53.4 Å². The van der Waals surface area contributed by atoms with E-state index >= 15 is 0 Å². The first-order chi connectivity index (χ1) is 10.9. The van der Waals surface area contributed by atoms with Gasteiger partial charge in [0.15, 0.2) is 0 Å². The molecular weight excluding hydrogens is 296 g/mol. The molecule has 2 N–H and O–H groups in total. The van der Waals surface area contributed by atoms with Crippen molar-refractivity contribution >= 4 is 0 Å². The van der Waals surface area contributed by atoms with Crippen LogP contribution in [0, 0.1) is 10.8 Å². The highest BCUT2D eigenvalue weighted by Gasteiger charge is 2.51. The van der Waals surface area contributed by atoms with Gasteiger partial charge in [-0.3, -0.25) is 0 Å². The zero-order valence-electron chi connectivity index (χ0n) is 15.1. The Morgan fingerprint density at radius 2 is 1.17 bits per heavy atom. The van der Waals surface area contributed by atoms with E-state index in [-0.39, 0.29) is 23.0 Å². The molecule has 0 bridgehead atoms. The molecule has 0 spiro atoms. The van der Waals surface area contributed by atoms with Gasteiger partial charge in [-0.05, 0) is 39.5 Å². The first-order valence-electron chi connectivity index (χ1n) is 9.04. The van der Waals surface area contributed by atoms with Crippen LogP contribution in [0.15, 0.2) is 0 Å². The summed E-state index contributed by atoms with van der Waals surface area (Å²) in [6.45, 7) is 10.7. The first kappa shape index (κ1) is 19.1. The molecule has 5 nitrogen and oxygen atoms in total. The minimum Gasteiger partial charge on any atom is -0.393 e. The summed E-state index contributed by atoms with van der Waals surface area (Å²) in [7, 11) is 0. The maximum Gasteiger partial charge on any atom is 0.0704 e. The van der Waals surface area contributed by atoms with Crippen LogP contribution in [0.2, 0.25) is 0 Å². The molecule has 2 aliphatic heterocycles. The van der Waals surface area contributed by atoms with E-state index in [2.05, 4.69) is 13.8 Å². The van der Waals surface area contributed by atoms with Crippen LogP contribution in [0.5, 0.6) is 0 Å². The Morgan fingerprint density at radius 3 is 1.35 bits per heavy atom. The summed E-state index contributed by atoms with van der Waals surface area (Å²) in [4.78, 5) is 0. The van der Waals surface area contributed by atoms with Crippen LogP contribution in [0.25, 0.3) is 0 Å². The van der Waals surface area contributed by atoms with Crippen molar-refractivity contribution in [2.45, 2.75) is 77.8 Å². The molecule has 0 aliphatic carbocycles. The summed E-state index contributed by atoms with van der Waals surface area (Å²) < 4.78 is 17.5. The number of aliphatic hydroxyl groups excluding tert-OH is 2. The summed E-state index contributed by atoms with van der Waals surface area (Å²) in [5.74, 6) is 0. The molecule has 4 unspecified atom stereocenters. The molecular formula is C18H34O5. The summed E-state index contributed by atoms with van der Waals surface area (Å²) in [5, 5.41) is 19.9. The smallest absolute Gasteiger partial charge is 0.0704 e. The highest BCUT2D eigenvalue weighted by atomic mass is 16.5. The normalized spacial score (nSPS) is 27.4. The van der Waals surface area contributed by atoms with Crippen LogP contribution in [0.3, 0.4) is 0 Å². The predicted molar refractivity (Wildman–Crippen MR) is 88.3 cm³/mol. The van der Waals surface area contributed by atoms with E-state index in [0.29, 0.717) is 39.3 Å². The number of ether oxygens (including phenoxy) is 3. The minimum absolute atomic E-state index is 0.00648. The lowest BCUT2D eigenvalue weighted by Crippen LogP contribution is -2.58. The fraction of sp³-hybridized carbons (Fsp3) is 1.00. The highest BCUT2D eigenvalue weighted by molar-refractivity contribution is 4.97. The highest BCUT2D eigenvalue weighted by Crippen LogP contribution is 2.44. The molecule has 2 rings (SSSR count). The molecule has 136 valence electrons. The molecule has 2 heterocycles. The minimum atomic E-state index is -0.411. The zero-order chi connectivity index (χ0) is 17.1. The van der Waals surface area contributed by atoms with Crippen molar-refractivity contribution in [2.24, 2.45) is 10.8 Å². The van der Waals surface area contributed by atoms with Gasteiger partial charge in [0.25, 0.3) is 0 Å². The molecule has 2 aliphatic rings. The van der Waals surface area contributed by atoms with Gasteiger partial charge in [0.2, 0.25) is 0 Å². The molecule has 23 heavy (non-hydrogen) atoms. The van der Waals surface area contributed by atoms with Gasteiger partial charge < -0.3 is 24.4 Å². The van der Waals surface area contributed by atoms with Gasteiger partial charge in [0, 0.05) is 10.8 Å². The quantitative estimate of drug-likeness (QED) is 0.642. The third-order valence-corrected chi connectivity index (χ3v) is 5.77. The molecule has 2 fully saturated rings. The monoisotopic (exact) mass is 330 g/mol. The van der Waals surface area contributed by atoms with Gasteiger partial charge in [-0.1, -0.05) is 13.8 Å². The molecule has 0 aromatic carbocycles. The van der Waals surface area contributed by atoms with E-state index < -0.39 is 12.2 Å². The molecule has 0 aromatic heterocycles. The Bertz CT molecular complexity index is 315. The Kier molecular flexibility index (Phi) is 6.48. The molecule has 0 amide bonds. The van der Waals surface area contributed by atoms with Gasteiger partial charge in [-0.2, -0.15) is 0 Å². The lowest BCUT2D eigenvalue weighted by atomic mass is 9.73. The van der Waals surface area contributed by atoms with Crippen LogP contribution >= 0.6 is 0 Å². The molecule has 2 saturated heterocycles. The Labute approximate surface area is 140 Å². The fourth-order valence-corrected chi connectivity index (χ4v) is 3.68. The van der Waals surface area contributed by atoms with Gasteiger partial charge >= 0.3 is 0 Å². The van der Waals surface area contributed by atoms with Crippen molar-refractivity contribution in [1.29, 1.82) is 0 Å². The van der Waals surface area contributed by atoms with E-state index in [0.717, 1.165) is 12.8 Å². The van der Waals surface area contributed by atoms with Crippen molar-refractivity contribution in [3.63, 3.8) is 0 Å². The van der Waals surface area contributed by atoms with Crippen molar-refractivity contribution < 1.29 is 24.4 Å². The van der Waals surface area contributed by atoms with Gasteiger partial charge in [0.1, 0.15) is 0 Å². The van der Waals surface area contributed by atoms with Gasteiger partial charge in [-0.15, -0.1) is 0 Å². The largest absolute Gasteiger partial charge is 0.393 e. The Balaban J connectivity index is 2.15. The molecule has 0 aromatic rings. The van der Waals surface area contributed by atoms with Crippen LogP contribution in [0.4, 0.5) is 0 Å². The maximum atomic E-state index is 9.93. The Hall–Kier alpha value is -0.200. The van der Waals surface area contributed by atoms with E-state index in [9.17, 15) is 10.2 Å². The molecule has 5 heteroatoms. The standard InChI is InChI=1S/C18H34O5/c1-5-17(9-21-10-17)15(7-13(3)19)23-16(8-14(4)20)18(6-2)11-22-12-18/h13-16,19-20H,5-12H2,1-4H3. The topological polar surface area (TPSA) is 68.2 Å². The third kappa shape index (κ3) is 4.07. The molecule has 0 saturated carbocycles. The van der Waals surface area contributed by atoms with E-state index in [1.807, 2.05) is 13.8 Å². The van der Waals surface area contributed by atoms with E-state index in [1.165, 1.54) is 0 Å². The van der Waals surface area contributed by atoms with Gasteiger partial charge in [0.05, 0.1) is 50.8 Å². The summed E-state index contributed by atoms with van der Waals surface area (Å²) in [5.41, 5.74) is -0.0130. The van der Waals surface area contributed by atoms with Crippen LogP contribution < -0.4 is 0 Å². The fourth-order valence-electron chi connectivity index (χ4n) is 3.68. The average Bonchev–Trinajstić information content (AvgIpc) is 2.35. The van der Waals surface area contributed by atoms with Crippen molar-refractivity contribution in [3.05, 3.63) is 0 Å². The predicted octanol–water partition coefficient (Wildman–Crippen LogP) is 2.14. The summed E-state index contributed by atoms with van der Waals surface area (Å²) >= 11 is 0. The molecule has 4 atom stereocenters. The maximum absolute atomic E-state index is 9.93. The number of rotatable bonds is 10. The lowest BCUT2D eigenvalue weighted by molar-refractivity contribution is -0.257.